The number of hydrogen-bond donors (Lipinski definition) is 0. The highest BCUT2D eigenvalue weighted by Gasteiger charge is 2.40. The molecule has 0 aliphatic carbocycles. The Morgan fingerprint density at radius 1 is 0.512 bits per heavy atom. The fourth-order valence-corrected chi connectivity index (χ4v) is 15.6. The zero-order valence-electron chi connectivity index (χ0n) is 43.5. The molecule has 0 saturated heterocycles. The van der Waals surface area contributed by atoms with Crippen LogP contribution in [-0.2, 0) is 12.8 Å². The van der Waals surface area contributed by atoms with E-state index in [4.69, 9.17) is 22.2 Å². The molecule has 0 atom stereocenters. The third kappa shape index (κ3) is 7.40. The minimum absolute atomic E-state index is 0.232. The fraction of sp³-hybridized carbons (Fsp3) is 0.0606. The first-order valence-electron chi connectivity index (χ1n) is 25.2. The quantitative estimate of drug-likeness (QED) is 0.0489. The minimum Gasteiger partial charge on any atom is -0.435 e. The van der Waals surface area contributed by atoms with E-state index in [1.165, 1.54) is 12.2 Å². The summed E-state index contributed by atoms with van der Waals surface area (Å²) in [5, 5.41) is 24.8. The van der Waals surface area contributed by atoms with Crippen LogP contribution >= 0.6 is 16.9 Å². The molecule has 0 saturated carbocycles. The monoisotopic (exact) mass is 1070 g/mol. The highest BCUT2D eigenvalue weighted by atomic mass is 31.2. The Kier molecular flexibility index (Phi) is 12.2. The smallest absolute Gasteiger partial charge is 0.319 e. The first-order chi connectivity index (χ1) is 38.9. The van der Waals surface area contributed by atoms with Crippen LogP contribution in [0.25, 0.3) is 88.7 Å². The lowest BCUT2D eigenvalue weighted by molar-refractivity contribution is 0.103. The molecular formula is C66H44N8O4P2. The Labute approximate surface area is 463 Å². The third-order valence-corrected chi connectivity index (χ3v) is 19.1. The van der Waals surface area contributed by atoms with Gasteiger partial charge in [0.15, 0.2) is 11.6 Å². The lowest BCUT2D eigenvalue weighted by atomic mass is 9.92. The van der Waals surface area contributed by atoms with Gasteiger partial charge in [-0.2, -0.15) is 10.5 Å². The Hall–Kier alpha value is -10.3. The Bertz CT molecular complexity index is 4240. The molecule has 382 valence electrons. The number of nitriles is 2. The molecule has 0 spiro atoms. The molecule has 12 nitrogen and oxygen atoms in total. The summed E-state index contributed by atoms with van der Waals surface area (Å²) in [7, 11) is -4.23. The first kappa shape index (κ1) is 50.5. The van der Waals surface area contributed by atoms with Gasteiger partial charge in [0.1, 0.15) is 23.6 Å². The highest BCUT2D eigenvalue weighted by molar-refractivity contribution is 7.50. The fourth-order valence-electron chi connectivity index (χ4n) is 11.3. The Morgan fingerprint density at radius 3 is 1.16 bits per heavy atom. The third-order valence-electron chi connectivity index (χ3n) is 15.1. The maximum atomic E-state index is 14.1. The number of fused-ring (bicyclic) bond motifs is 12. The van der Waals surface area contributed by atoms with Gasteiger partial charge < -0.3 is 9.05 Å². The molecule has 6 heterocycles. The van der Waals surface area contributed by atoms with Gasteiger partial charge in [0.25, 0.3) is 0 Å². The Balaban J connectivity index is 1.16. The largest absolute Gasteiger partial charge is 0.435 e. The average molecular weight is 1080 g/mol. The second-order valence-corrected chi connectivity index (χ2v) is 22.3. The summed E-state index contributed by atoms with van der Waals surface area (Å²) in [6.45, 7) is 44.5. The van der Waals surface area contributed by atoms with E-state index in [1.807, 2.05) is 95.3 Å². The van der Waals surface area contributed by atoms with E-state index < -0.39 is 16.9 Å². The SMILES string of the molecule is [C-]#[N+]c1c2n(c3ccc(C=C)cc13)P(Oc1cc(C)c(C(=O)C=C)cc1-c1cc(C(=O)C=C)c(C)cc1OP1n3c(c(C#N)c4cc(C=C)ccc43)Cc3c(C#N)c4cc(C=C)ccc4n31)n1c(c([N+]#[C-])c3cc(C=C)ccc31)C2. The number of nitrogens with zero attached hydrogens (tertiary/aromatic N) is 8. The summed E-state index contributed by atoms with van der Waals surface area (Å²) < 4.78 is 23.5. The van der Waals surface area contributed by atoms with E-state index in [-0.39, 0.29) is 24.4 Å². The molecule has 2 aliphatic heterocycles. The summed E-state index contributed by atoms with van der Waals surface area (Å²) in [6.07, 6.45) is 9.90. The number of carbonyl (C=O) groups excluding carboxylic acids is 2. The second kappa shape index (κ2) is 19.3. The second-order valence-electron chi connectivity index (χ2n) is 19.4. The van der Waals surface area contributed by atoms with Crippen molar-refractivity contribution < 1.29 is 18.6 Å². The van der Waals surface area contributed by atoms with Crippen LogP contribution in [-0.4, -0.2) is 28.9 Å². The van der Waals surface area contributed by atoms with Crippen LogP contribution in [0.3, 0.4) is 0 Å². The molecular weight excluding hydrogens is 1030 g/mol. The number of carbonyl (C=O) groups is 2. The van der Waals surface area contributed by atoms with Gasteiger partial charge in [-0.1, -0.05) is 100 Å². The van der Waals surface area contributed by atoms with Crippen LogP contribution in [0, 0.1) is 49.7 Å². The van der Waals surface area contributed by atoms with E-state index in [1.54, 1.807) is 48.6 Å². The zero-order valence-corrected chi connectivity index (χ0v) is 45.3. The predicted molar refractivity (Wildman–Crippen MR) is 323 cm³/mol. The van der Waals surface area contributed by atoms with Gasteiger partial charge in [0, 0.05) is 79.1 Å². The minimum atomic E-state index is -2.12. The summed E-state index contributed by atoms with van der Waals surface area (Å²) in [6, 6.07) is 35.3. The maximum Gasteiger partial charge on any atom is 0.319 e. The Morgan fingerprint density at radius 2 is 0.838 bits per heavy atom. The van der Waals surface area contributed by atoms with Crippen molar-refractivity contribution in [3.05, 3.63) is 250 Å². The van der Waals surface area contributed by atoms with Gasteiger partial charge >= 0.3 is 16.9 Å². The predicted octanol–water partition coefficient (Wildman–Crippen LogP) is 17.2. The van der Waals surface area contributed by atoms with Gasteiger partial charge in [-0.3, -0.25) is 26.9 Å². The van der Waals surface area contributed by atoms with Gasteiger partial charge in [0.2, 0.25) is 11.4 Å². The molecule has 6 aromatic carbocycles. The molecule has 10 aromatic rings. The van der Waals surface area contributed by atoms with Gasteiger partial charge in [0.05, 0.1) is 46.7 Å². The standard InChI is InChI=1S/C66H44N8O4P2/c1-11-39-17-21-53-45(27-39)51(35-67)57-33-58-52(36-68)46-28-40(12-2)18-22-54(46)72(58)79(71(53)57)77-63-25-37(7)43(61(75)15-5)31-47(63)48-32-44(62(76)16-6)38(8)26-64(48)78-80-73-55-23-19-41(13-3)29-49(55)65(69-9)59(73)34-60-66(70-10)50-30-42(14-4)20-24-56(50)74(60)80/h11-32H,1-6,33-34H2,7-8H3. The molecule has 0 amide bonds. The van der Waals surface area contributed by atoms with Crippen LogP contribution in [0.4, 0.5) is 11.4 Å². The van der Waals surface area contributed by atoms with Crippen molar-refractivity contribution in [1.82, 2.24) is 17.4 Å². The number of aryl methyl sites for hydroxylation is 2. The van der Waals surface area contributed by atoms with Crippen LogP contribution in [0.5, 0.6) is 11.5 Å². The van der Waals surface area contributed by atoms with Gasteiger partial charge in [-0.05, 0) is 120 Å². The highest BCUT2D eigenvalue weighted by Crippen LogP contribution is 2.60. The van der Waals surface area contributed by atoms with E-state index in [9.17, 15) is 20.1 Å². The lowest BCUT2D eigenvalue weighted by Gasteiger charge is -2.32. The summed E-state index contributed by atoms with van der Waals surface area (Å²) in [4.78, 5) is 36.4. The number of allylic oxidation sites excluding steroid dienone is 2. The van der Waals surface area contributed by atoms with Crippen molar-refractivity contribution in [3.8, 4) is 34.8 Å². The number of ketones is 2. The van der Waals surface area contributed by atoms with Crippen LogP contribution < -0.4 is 9.05 Å². The van der Waals surface area contributed by atoms with Crippen molar-refractivity contribution in [1.29, 1.82) is 10.5 Å². The average Bonchev–Trinajstić information content (AvgIpc) is 4.35. The lowest BCUT2D eigenvalue weighted by Crippen LogP contribution is -2.19. The van der Waals surface area contributed by atoms with E-state index >= 15 is 0 Å². The molecule has 0 fully saturated rings. The van der Waals surface area contributed by atoms with Crippen molar-refractivity contribution in [2.75, 3.05) is 0 Å². The van der Waals surface area contributed by atoms with Crippen molar-refractivity contribution in [3.63, 3.8) is 0 Å². The number of rotatable bonds is 13. The summed E-state index contributed by atoms with van der Waals surface area (Å²) in [5.74, 6) is -0.132. The number of hydrogen-bond acceptors (Lipinski definition) is 6. The molecule has 80 heavy (non-hydrogen) atoms. The van der Waals surface area contributed by atoms with Crippen LogP contribution in [0.1, 0.15) is 88.0 Å². The molecule has 2 aliphatic rings. The summed E-state index contributed by atoms with van der Waals surface area (Å²) >= 11 is 0. The van der Waals surface area contributed by atoms with E-state index in [0.717, 1.165) is 44.3 Å². The molecule has 0 bridgehead atoms. The molecule has 12 rings (SSSR count). The topological polar surface area (TPSA) is 129 Å². The van der Waals surface area contributed by atoms with Gasteiger partial charge in [-0.25, -0.2) is 9.69 Å². The molecule has 4 aromatic heterocycles. The van der Waals surface area contributed by atoms with Crippen molar-refractivity contribution >= 4 is 108 Å². The van der Waals surface area contributed by atoms with Gasteiger partial charge in [-0.15, -0.1) is 0 Å². The van der Waals surface area contributed by atoms with Crippen LogP contribution in [0.15, 0.2) is 149 Å². The molecule has 14 heteroatoms. The first-order valence-corrected chi connectivity index (χ1v) is 27.5. The van der Waals surface area contributed by atoms with E-state index in [2.05, 4.69) is 70.0 Å². The van der Waals surface area contributed by atoms with Crippen molar-refractivity contribution in [2.45, 2.75) is 26.7 Å². The van der Waals surface area contributed by atoms with Crippen molar-refractivity contribution in [2.24, 2.45) is 0 Å². The van der Waals surface area contributed by atoms with Crippen LogP contribution in [0.2, 0.25) is 0 Å². The molecule has 0 radical (unpaired) electrons. The van der Waals surface area contributed by atoms with E-state index in [0.29, 0.717) is 112 Å². The normalized spacial score (nSPS) is 12.5. The molecule has 0 N–H and O–H groups in total. The number of aromatic nitrogens is 4. The zero-order chi connectivity index (χ0) is 56.0. The maximum absolute atomic E-state index is 14.1. The molecule has 0 unspecified atom stereocenters. The summed E-state index contributed by atoms with van der Waals surface area (Å²) in [5.41, 5.74) is 13.1. The number of benzene rings is 6.